The molecule has 0 spiro atoms. The fourth-order valence-corrected chi connectivity index (χ4v) is 2.68. The number of rotatable bonds is 11. The first-order valence-electron chi connectivity index (χ1n) is 9.53. The van der Waals surface area contributed by atoms with Gasteiger partial charge in [-0.05, 0) is 49.9 Å². The molecule has 0 radical (unpaired) electrons. The van der Waals surface area contributed by atoms with Gasteiger partial charge in [0.2, 0.25) is 0 Å². The molecule has 2 rings (SSSR count). The van der Waals surface area contributed by atoms with Crippen LogP contribution in [0.1, 0.15) is 31.4 Å². The molecule has 5 heteroatoms. The maximum absolute atomic E-state index is 12.2. The van der Waals surface area contributed by atoms with Gasteiger partial charge in [-0.25, -0.2) is 4.79 Å². The topological polar surface area (TPSA) is 59.6 Å². The molecule has 0 saturated carbocycles. The number of aryl methyl sites for hydroxylation is 1. The number of urea groups is 1. The Hall–Kier alpha value is -2.37. The molecule has 2 N–H and O–H groups in total. The van der Waals surface area contributed by atoms with E-state index in [2.05, 4.69) is 22.8 Å². The predicted molar refractivity (Wildman–Crippen MR) is 109 cm³/mol. The molecule has 0 aromatic heterocycles. The zero-order valence-electron chi connectivity index (χ0n) is 16.2. The van der Waals surface area contributed by atoms with Gasteiger partial charge in [-0.1, -0.05) is 42.5 Å². The summed E-state index contributed by atoms with van der Waals surface area (Å²) in [6, 6.07) is 17.9. The van der Waals surface area contributed by atoms with E-state index >= 15 is 0 Å². The Labute approximate surface area is 162 Å². The monoisotopic (exact) mass is 370 g/mol. The molecule has 146 valence electrons. The molecule has 0 aliphatic rings. The Morgan fingerprint density at radius 3 is 2.52 bits per heavy atom. The van der Waals surface area contributed by atoms with Gasteiger partial charge in [0.15, 0.2) is 0 Å². The number of amides is 2. The second kappa shape index (κ2) is 12.1. The van der Waals surface area contributed by atoms with Gasteiger partial charge in [0, 0.05) is 18.3 Å². The van der Waals surface area contributed by atoms with E-state index in [1.807, 2.05) is 56.3 Å². The van der Waals surface area contributed by atoms with E-state index in [4.69, 9.17) is 9.47 Å². The summed E-state index contributed by atoms with van der Waals surface area (Å²) < 4.78 is 10.8. The molecular weight excluding hydrogens is 340 g/mol. The number of hydrogen-bond donors (Lipinski definition) is 2. The standard InChI is InChI=1S/C22H30N2O3/c1-3-26-14-15-27-17-20-10-7-11-21(16-20)24-22(25)23-18(2)12-13-19-8-5-4-6-9-19/h4-11,16,18H,3,12-15,17H2,1-2H3,(H2,23,24,25). The van der Waals surface area contributed by atoms with Gasteiger partial charge in [-0.3, -0.25) is 0 Å². The van der Waals surface area contributed by atoms with Crippen LogP contribution < -0.4 is 10.6 Å². The lowest BCUT2D eigenvalue weighted by Crippen LogP contribution is -2.36. The Bertz CT molecular complexity index is 676. The van der Waals surface area contributed by atoms with Crippen LogP contribution in [0.4, 0.5) is 10.5 Å². The fraction of sp³-hybridized carbons (Fsp3) is 0.409. The van der Waals surface area contributed by atoms with Gasteiger partial charge < -0.3 is 20.1 Å². The van der Waals surface area contributed by atoms with Gasteiger partial charge in [0.1, 0.15) is 0 Å². The summed E-state index contributed by atoms with van der Waals surface area (Å²) in [5.41, 5.74) is 3.05. The van der Waals surface area contributed by atoms with Crippen molar-refractivity contribution >= 4 is 11.7 Å². The van der Waals surface area contributed by atoms with Crippen LogP contribution in [0.15, 0.2) is 54.6 Å². The summed E-state index contributed by atoms with van der Waals surface area (Å²) in [6.45, 7) is 6.33. The lowest BCUT2D eigenvalue weighted by atomic mass is 10.1. The molecule has 2 aromatic rings. The summed E-state index contributed by atoms with van der Waals surface area (Å²) in [4.78, 5) is 12.2. The minimum atomic E-state index is -0.190. The number of nitrogens with one attached hydrogen (secondary N) is 2. The number of hydrogen-bond acceptors (Lipinski definition) is 3. The molecular formula is C22H30N2O3. The highest BCUT2D eigenvalue weighted by Gasteiger charge is 2.08. The second-order valence-corrected chi connectivity index (χ2v) is 6.47. The van der Waals surface area contributed by atoms with Crippen molar-refractivity contribution in [3.8, 4) is 0 Å². The smallest absolute Gasteiger partial charge is 0.319 e. The van der Waals surface area contributed by atoms with Crippen LogP contribution in [-0.4, -0.2) is 31.9 Å². The third-order valence-electron chi connectivity index (χ3n) is 4.12. The molecule has 0 heterocycles. The fourth-order valence-electron chi connectivity index (χ4n) is 2.68. The van der Waals surface area contributed by atoms with Crippen LogP contribution in [-0.2, 0) is 22.5 Å². The van der Waals surface area contributed by atoms with Crippen molar-refractivity contribution < 1.29 is 14.3 Å². The molecule has 0 aliphatic carbocycles. The van der Waals surface area contributed by atoms with Gasteiger partial charge in [-0.2, -0.15) is 0 Å². The first-order chi connectivity index (χ1) is 13.2. The van der Waals surface area contributed by atoms with E-state index in [0.29, 0.717) is 26.4 Å². The van der Waals surface area contributed by atoms with E-state index in [0.717, 1.165) is 24.1 Å². The number of carbonyl (C=O) groups excluding carboxylic acids is 1. The number of benzene rings is 2. The molecule has 2 amide bonds. The SMILES string of the molecule is CCOCCOCc1cccc(NC(=O)NC(C)CCc2ccccc2)c1. The normalized spacial score (nSPS) is 11.8. The number of anilines is 1. The zero-order valence-corrected chi connectivity index (χ0v) is 16.2. The largest absolute Gasteiger partial charge is 0.379 e. The van der Waals surface area contributed by atoms with Crippen molar-refractivity contribution in [2.45, 2.75) is 39.3 Å². The molecule has 0 aliphatic heterocycles. The van der Waals surface area contributed by atoms with E-state index in [1.54, 1.807) is 0 Å². The van der Waals surface area contributed by atoms with Crippen molar-refractivity contribution in [2.24, 2.45) is 0 Å². The van der Waals surface area contributed by atoms with Gasteiger partial charge in [0.05, 0.1) is 19.8 Å². The van der Waals surface area contributed by atoms with Crippen molar-refractivity contribution in [1.82, 2.24) is 5.32 Å². The third kappa shape index (κ3) is 8.71. The minimum absolute atomic E-state index is 0.0929. The average Bonchev–Trinajstić information content (AvgIpc) is 2.67. The summed E-state index contributed by atoms with van der Waals surface area (Å²) in [7, 11) is 0. The molecule has 0 fully saturated rings. The van der Waals surface area contributed by atoms with Crippen LogP contribution >= 0.6 is 0 Å². The Morgan fingerprint density at radius 2 is 1.74 bits per heavy atom. The summed E-state index contributed by atoms with van der Waals surface area (Å²) in [6.07, 6.45) is 1.84. The Kier molecular flexibility index (Phi) is 9.38. The van der Waals surface area contributed by atoms with Crippen LogP contribution in [0.2, 0.25) is 0 Å². The summed E-state index contributed by atoms with van der Waals surface area (Å²) in [5.74, 6) is 0. The summed E-state index contributed by atoms with van der Waals surface area (Å²) in [5, 5.41) is 5.88. The highest BCUT2D eigenvalue weighted by Crippen LogP contribution is 2.12. The van der Waals surface area contributed by atoms with E-state index < -0.39 is 0 Å². The number of ether oxygens (including phenoxy) is 2. The highest BCUT2D eigenvalue weighted by atomic mass is 16.5. The average molecular weight is 370 g/mol. The first-order valence-corrected chi connectivity index (χ1v) is 9.53. The second-order valence-electron chi connectivity index (χ2n) is 6.47. The minimum Gasteiger partial charge on any atom is -0.379 e. The maximum Gasteiger partial charge on any atom is 0.319 e. The van der Waals surface area contributed by atoms with Gasteiger partial charge >= 0.3 is 6.03 Å². The van der Waals surface area contributed by atoms with Crippen LogP contribution in [0.3, 0.4) is 0 Å². The molecule has 2 aromatic carbocycles. The molecule has 0 bridgehead atoms. The summed E-state index contributed by atoms with van der Waals surface area (Å²) >= 11 is 0. The van der Waals surface area contributed by atoms with E-state index in [-0.39, 0.29) is 12.1 Å². The van der Waals surface area contributed by atoms with Crippen molar-refractivity contribution in [3.63, 3.8) is 0 Å². The van der Waals surface area contributed by atoms with Gasteiger partial charge in [0.25, 0.3) is 0 Å². The molecule has 27 heavy (non-hydrogen) atoms. The third-order valence-corrected chi connectivity index (χ3v) is 4.12. The van der Waals surface area contributed by atoms with Crippen LogP contribution in [0, 0.1) is 0 Å². The highest BCUT2D eigenvalue weighted by molar-refractivity contribution is 5.89. The van der Waals surface area contributed by atoms with Crippen molar-refractivity contribution in [3.05, 3.63) is 65.7 Å². The van der Waals surface area contributed by atoms with Crippen LogP contribution in [0.5, 0.6) is 0 Å². The molecule has 1 atom stereocenters. The van der Waals surface area contributed by atoms with Gasteiger partial charge in [-0.15, -0.1) is 0 Å². The lowest BCUT2D eigenvalue weighted by molar-refractivity contribution is 0.0453. The maximum atomic E-state index is 12.2. The zero-order chi connectivity index (χ0) is 19.3. The molecule has 5 nitrogen and oxygen atoms in total. The predicted octanol–water partition coefficient (Wildman–Crippen LogP) is 4.38. The van der Waals surface area contributed by atoms with Crippen molar-refractivity contribution in [1.29, 1.82) is 0 Å². The first kappa shape index (κ1) is 20.9. The van der Waals surface area contributed by atoms with E-state index in [1.165, 1.54) is 5.56 Å². The van der Waals surface area contributed by atoms with E-state index in [9.17, 15) is 4.79 Å². The number of carbonyl (C=O) groups is 1. The Balaban J connectivity index is 1.72. The Morgan fingerprint density at radius 1 is 1.00 bits per heavy atom. The molecule has 0 saturated heterocycles. The van der Waals surface area contributed by atoms with Crippen LogP contribution in [0.25, 0.3) is 0 Å². The quantitative estimate of drug-likeness (QED) is 0.577. The lowest BCUT2D eigenvalue weighted by Gasteiger charge is -2.15. The van der Waals surface area contributed by atoms with Crippen molar-refractivity contribution in [2.75, 3.05) is 25.1 Å². The molecule has 1 unspecified atom stereocenters.